The van der Waals surface area contributed by atoms with Crippen molar-refractivity contribution in [3.8, 4) is 0 Å². The Morgan fingerprint density at radius 3 is 2.77 bits per heavy atom. The third-order valence-corrected chi connectivity index (χ3v) is 2.65. The van der Waals surface area contributed by atoms with Crippen molar-refractivity contribution in [3.05, 3.63) is 0 Å². The van der Waals surface area contributed by atoms with Gasteiger partial charge in [0.25, 0.3) is 0 Å². The molecule has 1 aliphatic rings. The van der Waals surface area contributed by atoms with E-state index in [4.69, 9.17) is 5.73 Å². The molecule has 76 valence electrons. The van der Waals surface area contributed by atoms with E-state index in [-0.39, 0.29) is 0 Å². The molecule has 0 aromatic carbocycles. The molecule has 1 fully saturated rings. The number of nitrogens with zero attached hydrogens (tertiary/aromatic N) is 2. The topological polar surface area (TPSA) is 41.6 Å². The van der Waals surface area contributed by atoms with Gasteiger partial charge in [0.1, 0.15) is 0 Å². The molecule has 1 heterocycles. The van der Waals surface area contributed by atoms with Gasteiger partial charge in [-0.2, -0.15) is 0 Å². The Labute approximate surface area is 81.0 Å². The first-order valence-corrected chi connectivity index (χ1v) is 5.10. The summed E-state index contributed by atoms with van der Waals surface area (Å²) in [5, 5.41) is 0. The zero-order valence-electron chi connectivity index (χ0n) is 8.95. The fraction of sp³-hybridized carbons (Fsp3) is 0.900. The molecular weight excluding hydrogens is 162 g/mol. The van der Waals surface area contributed by atoms with Crippen molar-refractivity contribution in [3.63, 3.8) is 0 Å². The maximum Gasteiger partial charge on any atom is 0.0905 e. The molecule has 1 saturated heterocycles. The lowest BCUT2D eigenvalue weighted by Crippen LogP contribution is -2.28. The van der Waals surface area contributed by atoms with Gasteiger partial charge in [0.05, 0.1) is 5.84 Å². The lowest BCUT2D eigenvalue weighted by molar-refractivity contribution is 0.266. The van der Waals surface area contributed by atoms with Crippen LogP contribution in [0.5, 0.6) is 0 Å². The molecule has 1 aliphatic heterocycles. The van der Waals surface area contributed by atoms with Crippen molar-refractivity contribution >= 4 is 5.84 Å². The Balaban J connectivity index is 2.29. The minimum Gasteiger partial charge on any atom is -0.388 e. The number of nitrogens with two attached hydrogens (primary N) is 1. The van der Waals surface area contributed by atoms with Gasteiger partial charge >= 0.3 is 0 Å². The molecule has 0 aliphatic carbocycles. The molecule has 0 aromatic heterocycles. The predicted molar refractivity (Wildman–Crippen MR) is 57.0 cm³/mol. The van der Waals surface area contributed by atoms with Crippen molar-refractivity contribution < 1.29 is 0 Å². The lowest BCUT2D eigenvalue weighted by Gasteiger charge is -2.19. The maximum absolute atomic E-state index is 5.50. The molecule has 1 rings (SSSR count). The molecule has 0 bridgehead atoms. The summed E-state index contributed by atoms with van der Waals surface area (Å²) in [6.07, 6.45) is 1.27. The van der Waals surface area contributed by atoms with Gasteiger partial charge in [-0.15, -0.1) is 0 Å². The number of amidine groups is 1. The smallest absolute Gasteiger partial charge is 0.0905 e. The van der Waals surface area contributed by atoms with Crippen molar-refractivity contribution in [1.29, 1.82) is 0 Å². The summed E-state index contributed by atoms with van der Waals surface area (Å²) in [6.45, 7) is 9.68. The normalized spacial score (nSPS) is 25.8. The third-order valence-electron chi connectivity index (χ3n) is 2.65. The average Bonchev–Trinajstić information content (AvgIpc) is 2.48. The van der Waals surface area contributed by atoms with Gasteiger partial charge in [0, 0.05) is 19.1 Å². The Morgan fingerprint density at radius 1 is 1.62 bits per heavy atom. The second kappa shape index (κ2) is 4.61. The molecule has 0 spiro atoms. The van der Waals surface area contributed by atoms with Crippen molar-refractivity contribution in [2.24, 2.45) is 16.6 Å². The molecule has 3 heteroatoms. The van der Waals surface area contributed by atoms with E-state index < -0.39 is 0 Å². The van der Waals surface area contributed by atoms with Gasteiger partial charge in [-0.3, -0.25) is 4.99 Å². The first-order chi connectivity index (χ1) is 6.09. The summed E-state index contributed by atoms with van der Waals surface area (Å²) in [5.74, 6) is 1.43. The highest BCUT2D eigenvalue weighted by molar-refractivity contribution is 5.77. The van der Waals surface area contributed by atoms with E-state index in [9.17, 15) is 0 Å². The van der Waals surface area contributed by atoms with Crippen molar-refractivity contribution in [2.75, 3.05) is 19.6 Å². The van der Waals surface area contributed by atoms with Gasteiger partial charge in [-0.1, -0.05) is 0 Å². The van der Waals surface area contributed by atoms with Crippen LogP contribution in [0, 0.1) is 5.92 Å². The maximum atomic E-state index is 5.50. The average molecular weight is 183 g/mol. The van der Waals surface area contributed by atoms with E-state index in [1.165, 1.54) is 19.5 Å². The molecule has 0 saturated carbocycles. The molecular formula is C10H21N3. The van der Waals surface area contributed by atoms with E-state index in [0.717, 1.165) is 12.5 Å². The van der Waals surface area contributed by atoms with E-state index in [2.05, 4.69) is 23.7 Å². The van der Waals surface area contributed by atoms with Crippen LogP contribution in [0.2, 0.25) is 0 Å². The second-order valence-corrected chi connectivity index (χ2v) is 4.23. The second-order valence-electron chi connectivity index (χ2n) is 4.23. The minimum absolute atomic E-state index is 0.674. The standard InChI is InChI=1S/C10H21N3/c1-8(2)13-5-4-10(7-13)6-12-9(3)11/h8,10H,4-7H2,1-3H3,(H2,11,12). The van der Waals surface area contributed by atoms with Crippen LogP contribution in [0.25, 0.3) is 0 Å². The monoisotopic (exact) mass is 183 g/mol. The summed E-state index contributed by atoms with van der Waals surface area (Å²) in [4.78, 5) is 6.77. The van der Waals surface area contributed by atoms with Crippen LogP contribution in [0.3, 0.4) is 0 Å². The summed E-state index contributed by atoms with van der Waals surface area (Å²) < 4.78 is 0. The van der Waals surface area contributed by atoms with E-state index in [1.54, 1.807) is 0 Å². The van der Waals surface area contributed by atoms with E-state index >= 15 is 0 Å². The largest absolute Gasteiger partial charge is 0.388 e. The van der Waals surface area contributed by atoms with Gasteiger partial charge in [-0.05, 0) is 39.7 Å². The zero-order valence-corrected chi connectivity index (χ0v) is 8.95. The number of hydrogen-bond donors (Lipinski definition) is 1. The fourth-order valence-corrected chi connectivity index (χ4v) is 1.75. The van der Waals surface area contributed by atoms with Gasteiger partial charge < -0.3 is 10.6 Å². The fourth-order valence-electron chi connectivity index (χ4n) is 1.75. The van der Waals surface area contributed by atoms with Gasteiger partial charge in [0.2, 0.25) is 0 Å². The summed E-state index contributed by atoms with van der Waals surface area (Å²) in [5.41, 5.74) is 5.50. The quantitative estimate of drug-likeness (QED) is 0.526. The molecule has 0 radical (unpaired) electrons. The molecule has 1 unspecified atom stereocenters. The number of aliphatic imine (C=N–C) groups is 1. The first-order valence-electron chi connectivity index (χ1n) is 5.10. The molecule has 2 N–H and O–H groups in total. The molecule has 0 amide bonds. The highest BCUT2D eigenvalue weighted by Crippen LogP contribution is 2.18. The zero-order chi connectivity index (χ0) is 9.84. The van der Waals surface area contributed by atoms with Crippen LogP contribution < -0.4 is 5.73 Å². The van der Waals surface area contributed by atoms with Crippen molar-refractivity contribution in [2.45, 2.75) is 33.2 Å². The van der Waals surface area contributed by atoms with Crippen LogP contribution in [0.1, 0.15) is 27.2 Å². The number of rotatable bonds is 3. The van der Waals surface area contributed by atoms with E-state index in [1.807, 2.05) is 6.92 Å². The molecule has 13 heavy (non-hydrogen) atoms. The number of hydrogen-bond acceptors (Lipinski definition) is 2. The van der Waals surface area contributed by atoms with Crippen LogP contribution >= 0.6 is 0 Å². The summed E-state index contributed by atoms with van der Waals surface area (Å²) in [6, 6.07) is 0.674. The minimum atomic E-state index is 0.674. The Hall–Kier alpha value is -0.570. The van der Waals surface area contributed by atoms with Gasteiger partial charge in [-0.25, -0.2) is 0 Å². The first kappa shape index (κ1) is 10.5. The Bertz CT molecular complexity index is 183. The van der Waals surface area contributed by atoms with Crippen LogP contribution in [0.4, 0.5) is 0 Å². The Kier molecular flexibility index (Phi) is 3.72. The predicted octanol–water partition coefficient (Wildman–Crippen LogP) is 1.09. The van der Waals surface area contributed by atoms with Crippen LogP contribution in [-0.4, -0.2) is 36.4 Å². The summed E-state index contributed by atoms with van der Waals surface area (Å²) >= 11 is 0. The molecule has 1 atom stereocenters. The van der Waals surface area contributed by atoms with Crippen LogP contribution in [-0.2, 0) is 0 Å². The third kappa shape index (κ3) is 3.35. The lowest BCUT2D eigenvalue weighted by atomic mass is 10.1. The van der Waals surface area contributed by atoms with Gasteiger partial charge in [0.15, 0.2) is 0 Å². The SMILES string of the molecule is CC(N)=NCC1CCN(C(C)C)C1. The number of likely N-dealkylation sites (tertiary alicyclic amines) is 1. The highest BCUT2D eigenvalue weighted by Gasteiger charge is 2.23. The summed E-state index contributed by atoms with van der Waals surface area (Å²) in [7, 11) is 0. The molecule has 0 aromatic rings. The van der Waals surface area contributed by atoms with Crippen molar-refractivity contribution in [1.82, 2.24) is 4.90 Å². The van der Waals surface area contributed by atoms with Crippen LogP contribution in [0.15, 0.2) is 4.99 Å². The highest BCUT2D eigenvalue weighted by atomic mass is 15.2. The van der Waals surface area contributed by atoms with E-state index in [0.29, 0.717) is 11.9 Å². The molecule has 3 nitrogen and oxygen atoms in total. The Morgan fingerprint density at radius 2 is 2.31 bits per heavy atom.